The third-order valence-corrected chi connectivity index (χ3v) is 5.54. The third kappa shape index (κ3) is 2.94. The van der Waals surface area contributed by atoms with Crippen molar-refractivity contribution in [2.75, 3.05) is 0 Å². The lowest BCUT2D eigenvalue weighted by atomic mass is 10.2. The van der Waals surface area contributed by atoms with Gasteiger partial charge in [-0.25, -0.2) is 13.3 Å². The van der Waals surface area contributed by atoms with Crippen LogP contribution in [-0.4, -0.2) is 13.0 Å². The first-order valence-corrected chi connectivity index (χ1v) is 8.85. The number of pyridine rings is 1. The van der Waals surface area contributed by atoms with Crippen LogP contribution in [0.1, 0.15) is 5.56 Å². The highest BCUT2D eigenvalue weighted by Gasteiger charge is 2.16. The largest absolute Gasteiger partial charge is 0.311 e. The van der Waals surface area contributed by atoms with Crippen molar-refractivity contribution in [1.82, 2.24) is 4.57 Å². The van der Waals surface area contributed by atoms with Crippen molar-refractivity contribution < 1.29 is 8.42 Å². The van der Waals surface area contributed by atoms with Crippen molar-refractivity contribution in [2.24, 2.45) is 7.05 Å². The number of aryl methyl sites for hydroxylation is 1. The number of benzene rings is 2. The van der Waals surface area contributed by atoms with Gasteiger partial charge >= 0.3 is 0 Å². The van der Waals surface area contributed by atoms with Crippen LogP contribution in [0.3, 0.4) is 0 Å². The number of sulfone groups is 1. The van der Waals surface area contributed by atoms with Gasteiger partial charge in [-0.2, -0.15) is 0 Å². The van der Waals surface area contributed by atoms with E-state index in [0.29, 0.717) is 22.2 Å². The van der Waals surface area contributed by atoms with Crippen molar-refractivity contribution in [3.8, 4) is 0 Å². The summed E-state index contributed by atoms with van der Waals surface area (Å²) in [5, 5.41) is 0.688. The van der Waals surface area contributed by atoms with Gasteiger partial charge in [-0.15, -0.1) is 0 Å². The van der Waals surface area contributed by atoms with Crippen LogP contribution in [0.2, 0.25) is 0 Å². The van der Waals surface area contributed by atoms with Gasteiger partial charge in [0, 0.05) is 13.1 Å². The van der Waals surface area contributed by atoms with E-state index in [2.05, 4.69) is 4.85 Å². The molecule has 0 unspecified atom stereocenters. The van der Waals surface area contributed by atoms with Gasteiger partial charge < -0.3 is 4.57 Å². The van der Waals surface area contributed by atoms with Crippen LogP contribution in [0.5, 0.6) is 0 Å². The van der Waals surface area contributed by atoms with Crippen LogP contribution in [-0.2, 0) is 22.6 Å². The van der Waals surface area contributed by atoms with Crippen LogP contribution < -0.4 is 5.56 Å². The number of aromatic nitrogens is 1. The van der Waals surface area contributed by atoms with E-state index in [1.54, 1.807) is 49.5 Å². The minimum absolute atomic E-state index is 0.144. The third-order valence-electron chi connectivity index (χ3n) is 3.85. The number of nitrogens with zero attached hydrogens (tertiary/aromatic N) is 2. The van der Waals surface area contributed by atoms with Gasteiger partial charge in [-0.1, -0.05) is 24.3 Å². The van der Waals surface area contributed by atoms with Crippen LogP contribution in [0, 0.1) is 6.57 Å². The molecule has 0 bridgehead atoms. The number of hydrogen-bond donors (Lipinski definition) is 0. The Balaban J connectivity index is 2.03. The molecule has 0 saturated carbocycles. The SMILES string of the molecule is [C-]#[N+]c1cccc(CS(=O)(=O)c2ccc3c(ccc(=O)n3C)c2)c1. The minimum atomic E-state index is -3.54. The average Bonchev–Trinajstić information content (AvgIpc) is 2.57. The molecule has 3 aromatic rings. The number of fused-ring (bicyclic) bond motifs is 1. The standard InChI is InChI=1S/C18H14N2O3S/c1-19-15-5-3-4-13(10-15)12-24(22,23)16-7-8-17-14(11-16)6-9-18(21)20(17)2/h3-11H,12H2,2H3. The Hall–Kier alpha value is -2.91. The molecule has 0 aliphatic rings. The van der Waals surface area contributed by atoms with Crippen molar-refractivity contribution >= 4 is 26.4 Å². The summed E-state index contributed by atoms with van der Waals surface area (Å²) in [6.07, 6.45) is 0. The van der Waals surface area contributed by atoms with E-state index in [-0.39, 0.29) is 16.2 Å². The molecule has 3 rings (SSSR count). The quantitative estimate of drug-likeness (QED) is 0.690. The number of hydrogen-bond acceptors (Lipinski definition) is 3. The molecule has 0 atom stereocenters. The summed E-state index contributed by atoms with van der Waals surface area (Å²) in [4.78, 5) is 15.1. The first kappa shape index (κ1) is 16.0. The molecule has 0 radical (unpaired) electrons. The van der Waals surface area contributed by atoms with Gasteiger partial charge in [0.25, 0.3) is 5.56 Å². The lowest BCUT2D eigenvalue weighted by Crippen LogP contribution is -2.15. The molecule has 2 aromatic carbocycles. The molecule has 0 fully saturated rings. The highest BCUT2D eigenvalue weighted by Crippen LogP contribution is 2.23. The molecule has 0 amide bonds. The lowest BCUT2D eigenvalue weighted by molar-refractivity contribution is 0.595. The molecule has 0 spiro atoms. The second-order valence-corrected chi connectivity index (χ2v) is 7.48. The Bertz CT molecular complexity index is 1140. The molecule has 0 aliphatic heterocycles. The highest BCUT2D eigenvalue weighted by molar-refractivity contribution is 7.90. The molecule has 6 heteroatoms. The maximum atomic E-state index is 12.7. The molecular weight excluding hydrogens is 324 g/mol. The van der Waals surface area contributed by atoms with Crippen molar-refractivity contribution in [2.45, 2.75) is 10.6 Å². The summed E-state index contributed by atoms with van der Waals surface area (Å²) < 4.78 is 26.8. The van der Waals surface area contributed by atoms with Gasteiger partial charge in [0.2, 0.25) is 0 Å². The van der Waals surface area contributed by atoms with Crippen molar-refractivity contribution in [3.63, 3.8) is 0 Å². The van der Waals surface area contributed by atoms with E-state index in [1.807, 2.05) is 0 Å². The van der Waals surface area contributed by atoms with E-state index >= 15 is 0 Å². The second kappa shape index (κ2) is 5.95. The Morgan fingerprint density at radius 1 is 1.08 bits per heavy atom. The average molecular weight is 338 g/mol. The van der Waals surface area contributed by atoms with Gasteiger partial charge in [0.15, 0.2) is 15.5 Å². The molecule has 24 heavy (non-hydrogen) atoms. The summed E-state index contributed by atoms with van der Waals surface area (Å²) in [5.74, 6) is -0.173. The van der Waals surface area contributed by atoms with Crippen LogP contribution >= 0.6 is 0 Å². The highest BCUT2D eigenvalue weighted by atomic mass is 32.2. The summed E-state index contributed by atoms with van der Waals surface area (Å²) in [6, 6.07) is 14.3. The van der Waals surface area contributed by atoms with Crippen LogP contribution in [0.25, 0.3) is 15.7 Å². The Morgan fingerprint density at radius 2 is 1.88 bits per heavy atom. The first-order valence-electron chi connectivity index (χ1n) is 7.20. The Kier molecular flexibility index (Phi) is 3.96. The Morgan fingerprint density at radius 3 is 2.62 bits per heavy atom. The lowest BCUT2D eigenvalue weighted by Gasteiger charge is -2.08. The maximum Gasteiger partial charge on any atom is 0.250 e. The fourth-order valence-electron chi connectivity index (χ4n) is 2.58. The van der Waals surface area contributed by atoms with E-state index in [4.69, 9.17) is 6.57 Å². The van der Waals surface area contributed by atoms with E-state index in [1.165, 1.54) is 16.7 Å². The molecule has 1 heterocycles. The molecular formula is C18H14N2O3S. The van der Waals surface area contributed by atoms with E-state index < -0.39 is 9.84 Å². The molecule has 0 saturated heterocycles. The summed E-state index contributed by atoms with van der Waals surface area (Å²) >= 11 is 0. The predicted molar refractivity (Wildman–Crippen MR) is 92.8 cm³/mol. The van der Waals surface area contributed by atoms with Crippen molar-refractivity contribution in [1.29, 1.82) is 0 Å². The minimum Gasteiger partial charge on any atom is -0.311 e. The maximum absolute atomic E-state index is 12.7. The first-order chi connectivity index (χ1) is 11.4. The second-order valence-electron chi connectivity index (χ2n) is 5.49. The van der Waals surface area contributed by atoms with Crippen LogP contribution in [0.15, 0.2) is 64.3 Å². The van der Waals surface area contributed by atoms with E-state index in [9.17, 15) is 13.2 Å². The molecule has 1 aromatic heterocycles. The van der Waals surface area contributed by atoms with Gasteiger partial charge in [-0.05, 0) is 35.2 Å². The predicted octanol–water partition coefficient (Wildman–Crippen LogP) is 3.06. The normalized spacial score (nSPS) is 11.3. The topological polar surface area (TPSA) is 60.5 Å². The fourth-order valence-corrected chi connectivity index (χ4v) is 3.94. The zero-order valence-electron chi connectivity index (χ0n) is 12.9. The van der Waals surface area contributed by atoms with Gasteiger partial charge in [-0.3, -0.25) is 4.79 Å². The summed E-state index contributed by atoms with van der Waals surface area (Å²) in [6.45, 7) is 7.01. The smallest absolute Gasteiger partial charge is 0.250 e. The Labute approximate surface area is 139 Å². The molecule has 120 valence electrons. The summed E-state index contributed by atoms with van der Waals surface area (Å²) in [7, 11) is -1.90. The van der Waals surface area contributed by atoms with Gasteiger partial charge in [0.05, 0.1) is 22.7 Å². The number of rotatable bonds is 3. The van der Waals surface area contributed by atoms with Crippen LogP contribution in [0.4, 0.5) is 5.69 Å². The fraction of sp³-hybridized carbons (Fsp3) is 0.111. The zero-order valence-corrected chi connectivity index (χ0v) is 13.7. The summed E-state index contributed by atoms with van der Waals surface area (Å²) in [5.41, 5.74) is 1.52. The monoisotopic (exact) mass is 338 g/mol. The van der Waals surface area contributed by atoms with Gasteiger partial charge in [0.1, 0.15) is 0 Å². The molecule has 5 nitrogen and oxygen atoms in total. The van der Waals surface area contributed by atoms with E-state index in [0.717, 1.165) is 0 Å². The molecule has 0 aliphatic carbocycles. The zero-order chi connectivity index (χ0) is 17.3. The van der Waals surface area contributed by atoms with Crippen molar-refractivity contribution in [3.05, 3.63) is 81.9 Å². The molecule has 0 N–H and O–H groups in total.